The monoisotopic (exact) mass is 555 g/mol. The fourth-order valence-corrected chi connectivity index (χ4v) is 5.06. The Kier molecular flexibility index (Phi) is 5.57. The van der Waals surface area contributed by atoms with Crippen molar-refractivity contribution in [2.75, 3.05) is 12.0 Å². The molecule has 0 bridgehead atoms. The van der Waals surface area contributed by atoms with E-state index in [4.69, 9.17) is 16.3 Å². The van der Waals surface area contributed by atoms with Crippen LogP contribution in [0.25, 0.3) is 0 Å². The zero-order valence-electron chi connectivity index (χ0n) is 18.0. The molecule has 176 valence electrons. The van der Waals surface area contributed by atoms with Crippen LogP contribution in [-0.4, -0.2) is 40.7 Å². The SMILES string of the molecule is COc1ccc(Br)cc1[C@@H]1[C@@H](N2C(=O)c3cccc([N+](=O)[O-])c3C2=O)C(=O)N1c1ccc(Cl)cc1. The van der Waals surface area contributed by atoms with Crippen LogP contribution in [0, 0.1) is 10.1 Å². The number of rotatable bonds is 5. The number of halogens is 2. The third-order valence-corrected chi connectivity index (χ3v) is 6.83. The van der Waals surface area contributed by atoms with E-state index in [0.717, 1.165) is 11.0 Å². The van der Waals surface area contributed by atoms with Crippen LogP contribution >= 0.6 is 27.5 Å². The van der Waals surface area contributed by atoms with Crippen LogP contribution in [0.1, 0.15) is 32.3 Å². The number of nitro benzene ring substituents is 1. The van der Waals surface area contributed by atoms with Crippen LogP contribution in [0.5, 0.6) is 5.75 Å². The van der Waals surface area contributed by atoms with Crippen LogP contribution in [0.15, 0.2) is 65.1 Å². The second kappa shape index (κ2) is 8.47. The van der Waals surface area contributed by atoms with Crippen LogP contribution in [0.4, 0.5) is 11.4 Å². The fourth-order valence-electron chi connectivity index (χ4n) is 4.55. The van der Waals surface area contributed by atoms with Crippen LogP contribution in [0.2, 0.25) is 5.02 Å². The minimum atomic E-state index is -1.24. The van der Waals surface area contributed by atoms with Crippen molar-refractivity contribution in [3.05, 3.63) is 97.0 Å². The van der Waals surface area contributed by atoms with Crippen molar-refractivity contribution in [3.63, 3.8) is 0 Å². The molecule has 2 aliphatic rings. The predicted octanol–water partition coefficient (Wildman–Crippen LogP) is 4.77. The van der Waals surface area contributed by atoms with Gasteiger partial charge >= 0.3 is 0 Å². The van der Waals surface area contributed by atoms with Gasteiger partial charge in [0.05, 0.1) is 23.6 Å². The van der Waals surface area contributed by atoms with E-state index < -0.39 is 40.4 Å². The quantitative estimate of drug-likeness (QED) is 0.194. The lowest BCUT2D eigenvalue weighted by Crippen LogP contribution is -2.67. The molecule has 0 radical (unpaired) electrons. The normalized spacial score (nSPS) is 19.0. The van der Waals surface area contributed by atoms with E-state index in [9.17, 15) is 24.5 Å². The van der Waals surface area contributed by atoms with Gasteiger partial charge in [0.2, 0.25) is 0 Å². The van der Waals surface area contributed by atoms with Crippen LogP contribution in [0.3, 0.4) is 0 Å². The highest BCUT2D eigenvalue weighted by atomic mass is 79.9. The number of imide groups is 1. The van der Waals surface area contributed by atoms with Crippen molar-refractivity contribution < 1.29 is 24.0 Å². The minimum absolute atomic E-state index is 0.109. The van der Waals surface area contributed by atoms with Gasteiger partial charge in [-0.25, -0.2) is 0 Å². The number of carbonyl (C=O) groups excluding carboxylic acids is 3. The van der Waals surface area contributed by atoms with E-state index in [0.29, 0.717) is 26.5 Å². The Balaban J connectivity index is 1.65. The molecule has 1 fully saturated rings. The first-order valence-electron chi connectivity index (χ1n) is 10.3. The number of nitro groups is 1. The van der Waals surface area contributed by atoms with Crippen molar-refractivity contribution in [3.8, 4) is 5.75 Å². The smallest absolute Gasteiger partial charge is 0.282 e. The Morgan fingerprint density at radius 2 is 1.69 bits per heavy atom. The number of ether oxygens (including phenoxy) is 1. The molecule has 1 saturated heterocycles. The number of fused-ring (bicyclic) bond motifs is 1. The summed E-state index contributed by atoms with van der Waals surface area (Å²) in [4.78, 5) is 53.3. The highest BCUT2D eigenvalue weighted by Gasteiger charge is 2.59. The molecule has 0 aliphatic carbocycles. The molecule has 2 aliphatic heterocycles. The average Bonchev–Trinajstić information content (AvgIpc) is 3.08. The maximum Gasteiger partial charge on any atom is 0.282 e. The summed E-state index contributed by atoms with van der Waals surface area (Å²) in [6.45, 7) is 0. The maximum absolute atomic E-state index is 13.5. The van der Waals surface area contributed by atoms with Gasteiger partial charge in [-0.15, -0.1) is 0 Å². The van der Waals surface area contributed by atoms with Gasteiger partial charge in [-0.2, -0.15) is 0 Å². The van der Waals surface area contributed by atoms with Gasteiger partial charge in [-0.3, -0.25) is 29.4 Å². The van der Waals surface area contributed by atoms with E-state index in [1.165, 1.54) is 24.1 Å². The van der Waals surface area contributed by atoms with E-state index in [2.05, 4.69) is 15.9 Å². The molecule has 11 heteroatoms. The van der Waals surface area contributed by atoms with Crippen molar-refractivity contribution in [2.45, 2.75) is 12.1 Å². The van der Waals surface area contributed by atoms with Gasteiger partial charge in [0, 0.05) is 26.8 Å². The van der Waals surface area contributed by atoms with E-state index in [1.807, 2.05) is 0 Å². The number of β-lactam (4-membered cyclic amide) rings is 1. The van der Waals surface area contributed by atoms with Gasteiger partial charge in [-0.05, 0) is 48.5 Å². The number of benzene rings is 3. The van der Waals surface area contributed by atoms with Crippen molar-refractivity contribution in [2.24, 2.45) is 0 Å². The molecule has 0 aromatic heterocycles. The summed E-state index contributed by atoms with van der Waals surface area (Å²) in [5, 5.41) is 12.0. The van der Waals surface area contributed by atoms with Crippen LogP contribution in [-0.2, 0) is 4.79 Å². The molecule has 0 spiro atoms. The molecular formula is C24H15BrClN3O6. The predicted molar refractivity (Wildman–Crippen MR) is 130 cm³/mol. The number of carbonyl (C=O) groups is 3. The second-order valence-electron chi connectivity index (χ2n) is 7.90. The fraction of sp³-hybridized carbons (Fsp3) is 0.125. The number of anilines is 1. The Labute approximate surface area is 212 Å². The number of amides is 3. The van der Waals surface area contributed by atoms with Crippen LogP contribution < -0.4 is 9.64 Å². The Morgan fingerprint density at radius 3 is 2.34 bits per heavy atom. The molecule has 0 saturated carbocycles. The van der Waals surface area contributed by atoms with Gasteiger partial charge in [0.15, 0.2) is 0 Å². The third kappa shape index (κ3) is 3.48. The lowest BCUT2D eigenvalue weighted by molar-refractivity contribution is -0.385. The lowest BCUT2D eigenvalue weighted by atomic mass is 9.85. The molecule has 0 unspecified atom stereocenters. The molecular weight excluding hydrogens is 542 g/mol. The number of nitrogens with zero attached hydrogens (tertiary/aromatic N) is 3. The zero-order chi connectivity index (χ0) is 25.0. The highest BCUT2D eigenvalue weighted by Crippen LogP contribution is 2.48. The molecule has 0 N–H and O–H groups in total. The minimum Gasteiger partial charge on any atom is -0.496 e. The zero-order valence-corrected chi connectivity index (χ0v) is 20.3. The summed E-state index contributed by atoms with van der Waals surface area (Å²) in [6.07, 6.45) is 0. The average molecular weight is 557 g/mol. The summed E-state index contributed by atoms with van der Waals surface area (Å²) in [6, 6.07) is 13.6. The third-order valence-electron chi connectivity index (χ3n) is 6.08. The first-order chi connectivity index (χ1) is 16.7. The Bertz CT molecular complexity index is 1430. The maximum atomic E-state index is 13.5. The van der Waals surface area contributed by atoms with Gasteiger partial charge < -0.3 is 9.64 Å². The molecule has 3 aromatic carbocycles. The van der Waals surface area contributed by atoms with E-state index >= 15 is 0 Å². The lowest BCUT2D eigenvalue weighted by Gasteiger charge is -2.50. The summed E-state index contributed by atoms with van der Waals surface area (Å²) in [5.41, 5.74) is 0.140. The van der Waals surface area contributed by atoms with Crippen molar-refractivity contribution in [1.82, 2.24) is 4.90 Å². The molecule has 35 heavy (non-hydrogen) atoms. The summed E-state index contributed by atoms with van der Waals surface area (Å²) in [7, 11) is 1.47. The second-order valence-corrected chi connectivity index (χ2v) is 9.25. The number of hydrogen-bond donors (Lipinski definition) is 0. The summed E-state index contributed by atoms with van der Waals surface area (Å²) >= 11 is 9.44. The van der Waals surface area contributed by atoms with Gasteiger partial charge in [-0.1, -0.05) is 33.6 Å². The molecule has 2 atom stereocenters. The molecule has 2 heterocycles. The molecule has 9 nitrogen and oxygen atoms in total. The Morgan fingerprint density at radius 1 is 0.971 bits per heavy atom. The van der Waals surface area contributed by atoms with Crippen molar-refractivity contribution >= 4 is 56.6 Å². The number of methoxy groups -OCH3 is 1. The Hall–Kier alpha value is -3.76. The molecule has 3 amide bonds. The molecule has 5 rings (SSSR count). The standard InChI is InChI=1S/C24H15BrClN3O6/c1-35-18-10-5-12(25)11-16(18)20-21(24(32)27(20)14-8-6-13(26)7-9-14)28-22(30)15-3-2-4-17(29(33)34)19(15)23(28)31/h2-11,20-21H,1H3/t20-,21-/m1/s1. The van der Waals surface area contributed by atoms with E-state index in [-0.39, 0.29) is 11.1 Å². The molecule has 3 aromatic rings. The summed E-state index contributed by atoms with van der Waals surface area (Å²) in [5.74, 6) is -1.72. The first kappa shape index (κ1) is 23.0. The largest absolute Gasteiger partial charge is 0.496 e. The first-order valence-corrected chi connectivity index (χ1v) is 11.5. The number of hydrogen-bond acceptors (Lipinski definition) is 6. The van der Waals surface area contributed by atoms with Gasteiger partial charge in [0.1, 0.15) is 17.4 Å². The van der Waals surface area contributed by atoms with Crippen molar-refractivity contribution in [1.29, 1.82) is 0 Å². The summed E-state index contributed by atoms with van der Waals surface area (Å²) < 4.78 is 6.21. The topological polar surface area (TPSA) is 110 Å². The highest BCUT2D eigenvalue weighted by molar-refractivity contribution is 9.10. The van der Waals surface area contributed by atoms with E-state index in [1.54, 1.807) is 42.5 Å². The van der Waals surface area contributed by atoms with Gasteiger partial charge in [0.25, 0.3) is 23.4 Å².